The Kier molecular flexibility index (Phi) is 32.8. The van der Waals surface area contributed by atoms with E-state index in [9.17, 15) is 0 Å². The van der Waals surface area contributed by atoms with E-state index in [1.807, 2.05) is 0 Å². The molecule has 0 amide bonds. The van der Waals surface area contributed by atoms with Gasteiger partial charge in [0.2, 0.25) is 0 Å². The van der Waals surface area contributed by atoms with Crippen LogP contribution in [-0.4, -0.2) is 44.4 Å². The number of unbranched alkanes of at least 4 members (excludes halogenated alkanes) is 24. The van der Waals surface area contributed by atoms with Crippen molar-refractivity contribution < 1.29 is 9.47 Å². The maximum absolute atomic E-state index is 6.31. The summed E-state index contributed by atoms with van der Waals surface area (Å²) in [7, 11) is 0. The third-order valence-corrected chi connectivity index (χ3v) is 11.2. The molecule has 0 bridgehead atoms. The Bertz CT molecular complexity index is 859. The van der Waals surface area contributed by atoms with E-state index in [0.29, 0.717) is 11.8 Å². The van der Waals surface area contributed by atoms with Crippen LogP contribution in [0, 0.1) is 11.8 Å². The van der Waals surface area contributed by atoms with Crippen molar-refractivity contribution >= 4 is 0 Å². The Morgan fingerprint density at radius 1 is 0.462 bits per heavy atom. The molecule has 1 aliphatic rings. The van der Waals surface area contributed by atoms with Crippen LogP contribution in [0.1, 0.15) is 199 Å². The number of benzene rings is 1. The predicted molar refractivity (Wildman–Crippen MR) is 229 cm³/mol. The van der Waals surface area contributed by atoms with Gasteiger partial charge in [0, 0.05) is 44.7 Å². The van der Waals surface area contributed by atoms with Gasteiger partial charge in [-0.1, -0.05) is 184 Å². The van der Waals surface area contributed by atoms with Crippen molar-refractivity contribution in [2.75, 3.05) is 39.5 Å². The van der Waals surface area contributed by atoms with Gasteiger partial charge in [-0.25, -0.2) is 0 Å². The van der Waals surface area contributed by atoms with Crippen molar-refractivity contribution in [2.45, 2.75) is 200 Å². The summed E-state index contributed by atoms with van der Waals surface area (Å²) in [5.74, 6) is 1.16. The number of nitrogens with zero attached hydrogens (tertiary/aromatic N) is 1. The van der Waals surface area contributed by atoms with E-state index in [2.05, 4.69) is 73.4 Å². The number of allylic oxidation sites excluding steroid dienone is 4. The fourth-order valence-electron chi connectivity index (χ4n) is 7.76. The summed E-state index contributed by atoms with van der Waals surface area (Å²) >= 11 is 0. The first-order valence-electron chi connectivity index (χ1n) is 23.0. The lowest BCUT2D eigenvalue weighted by atomic mass is 9.98. The summed E-state index contributed by atoms with van der Waals surface area (Å²) in [5.41, 5.74) is 1.41. The van der Waals surface area contributed by atoms with Gasteiger partial charge in [-0.05, 0) is 69.8 Å². The van der Waals surface area contributed by atoms with Crippen molar-refractivity contribution in [3.8, 4) is 0 Å². The van der Waals surface area contributed by atoms with E-state index >= 15 is 0 Å². The molecule has 0 radical (unpaired) electrons. The summed E-state index contributed by atoms with van der Waals surface area (Å²) in [6, 6.07) is 11.0. The van der Waals surface area contributed by atoms with Crippen molar-refractivity contribution in [1.29, 1.82) is 0 Å². The zero-order chi connectivity index (χ0) is 36.8. The first-order valence-corrected chi connectivity index (χ1v) is 23.0. The summed E-state index contributed by atoms with van der Waals surface area (Å²) in [5, 5.41) is 0. The highest BCUT2D eigenvalue weighted by Crippen LogP contribution is 2.26. The lowest BCUT2D eigenvalue weighted by Crippen LogP contribution is -2.23. The van der Waals surface area contributed by atoms with E-state index in [0.717, 1.165) is 46.1 Å². The van der Waals surface area contributed by atoms with Crippen molar-refractivity contribution in [2.24, 2.45) is 11.8 Å². The predicted octanol–water partition coefficient (Wildman–Crippen LogP) is 14.8. The Morgan fingerprint density at radius 3 is 1.19 bits per heavy atom. The zero-order valence-corrected chi connectivity index (χ0v) is 34.9. The minimum absolute atomic E-state index is 0.581. The molecule has 1 heterocycles. The van der Waals surface area contributed by atoms with Gasteiger partial charge in [0.25, 0.3) is 0 Å². The van der Waals surface area contributed by atoms with Gasteiger partial charge in [-0.3, -0.25) is 4.90 Å². The fourth-order valence-corrected chi connectivity index (χ4v) is 7.76. The van der Waals surface area contributed by atoms with Crippen LogP contribution in [0.15, 0.2) is 54.6 Å². The quantitative estimate of drug-likeness (QED) is 0.0501. The molecule has 2 unspecified atom stereocenters. The molecular weight excluding hydrogens is 635 g/mol. The minimum Gasteiger partial charge on any atom is -0.381 e. The molecule has 2 atom stereocenters. The van der Waals surface area contributed by atoms with Gasteiger partial charge in [0.05, 0.1) is 13.2 Å². The second-order valence-corrected chi connectivity index (χ2v) is 16.2. The Balaban J connectivity index is 1.47. The molecule has 0 aromatic heterocycles. The summed E-state index contributed by atoms with van der Waals surface area (Å²) in [4.78, 5) is 2.63. The standard InChI is InChI=1S/C49H87NO2/c1-3-5-7-9-11-13-15-17-19-21-23-25-27-29-31-36-40-51-45-48-43-50(42-47-38-34-33-35-39-47)44-49(48)46-52-41-37-32-30-28-26-24-22-20-18-16-14-12-10-8-6-4-2/h17-20,33-35,38-39,48-49H,3-16,21-32,36-37,40-46H2,1-2H3. The molecule has 52 heavy (non-hydrogen) atoms. The smallest absolute Gasteiger partial charge is 0.0510 e. The largest absolute Gasteiger partial charge is 0.381 e. The summed E-state index contributed by atoms with van der Waals surface area (Å²) < 4.78 is 12.6. The molecule has 1 aliphatic heterocycles. The maximum Gasteiger partial charge on any atom is 0.0510 e. The highest BCUT2D eigenvalue weighted by atomic mass is 16.5. The Hall–Kier alpha value is -1.42. The molecule has 2 rings (SSSR count). The van der Waals surface area contributed by atoms with Crippen LogP contribution in [0.25, 0.3) is 0 Å². The molecule has 1 aromatic carbocycles. The average Bonchev–Trinajstić information content (AvgIpc) is 3.54. The molecule has 0 N–H and O–H groups in total. The highest BCUT2D eigenvalue weighted by molar-refractivity contribution is 5.14. The third-order valence-electron chi connectivity index (χ3n) is 11.2. The van der Waals surface area contributed by atoms with E-state index in [1.54, 1.807) is 0 Å². The second-order valence-electron chi connectivity index (χ2n) is 16.2. The average molecular weight is 722 g/mol. The molecule has 3 heteroatoms. The maximum atomic E-state index is 6.31. The van der Waals surface area contributed by atoms with Crippen LogP contribution in [0.3, 0.4) is 0 Å². The van der Waals surface area contributed by atoms with Crippen molar-refractivity contribution in [3.05, 3.63) is 60.2 Å². The highest BCUT2D eigenvalue weighted by Gasteiger charge is 2.33. The third kappa shape index (κ3) is 28.1. The van der Waals surface area contributed by atoms with E-state index < -0.39 is 0 Å². The number of likely N-dealkylation sites (tertiary alicyclic amines) is 1. The number of hydrogen-bond acceptors (Lipinski definition) is 3. The van der Waals surface area contributed by atoms with Crippen LogP contribution >= 0.6 is 0 Å². The molecular formula is C49H87NO2. The monoisotopic (exact) mass is 722 g/mol. The number of rotatable bonds is 38. The van der Waals surface area contributed by atoms with E-state index in [-0.39, 0.29) is 0 Å². The molecule has 1 aromatic rings. The van der Waals surface area contributed by atoms with Gasteiger partial charge < -0.3 is 9.47 Å². The van der Waals surface area contributed by atoms with Gasteiger partial charge >= 0.3 is 0 Å². The van der Waals surface area contributed by atoms with Crippen LogP contribution in [-0.2, 0) is 16.0 Å². The fraction of sp³-hybridized carbons (Fsp3) is 0.796. The summed E-state index contributed by atoms with van der Waals surface area (Å²) in [6.45, 7) is 11.5. The lowest BCUT2D eigenvalue weighted by Gasteiger charge is -2.18. The first kappa shape index (κ1) is 46.7. The van der Waals surface area contributed by atoms with Gasteiger partial charge in [0.1, 0.15) is 0 Å². The van der Waals surface area contributed by atoms with Crippen molar-refractivity contribution in [3.63, 3.8) is 0 Å². The van der Waals surface area contributed by atoms with Crippen LogP contribution in [0.4, 0.5) is 0 Å². The topological polar surface area (TPSA) is 21.7 Å². The molecule has 3 nitrogen and oxygen atoms in total. The van der Waals surface area contributed by atoms with Crippen molar-refractivity contribution in [1.82, 2.24) is 4.90 Å². The Labute approximate surface area is 325 Å². The van der Waals surface area contributed by atoms with Crippen LogP contribution in [0.2, 0.25) is 0 Å². The first-order chi connectivity index (χ1) is 25.8. The second kappa shape index (κ2) is 36.6. The molecule has 1 fully saturated rings. The molecule has 300 valence electrons. The zero-order valence-electron chi connectivity index (χ0n) is 34.9. The number of ether oxygens (including phenoxy) is 2. The minimum atomic E-state index is 0.581. The molecule has 0 saturated carbocycles. The van der Waals surface area contributed by atoms with Gasteiger partial charge in [-0.2, -0.15) is 0 Å². The molecule has 1 saturated heterocycles. The SMILES string of the molecule is CCCCCCCCC=CCCCCCCCCOCC1CN(Cc2ccccc2)CC1COCCCCCCCCC=CCCCCCCCC. The normalized spacial score (nSPS) is 16.7. The Morgan fingerprint density at radius 2 is 0.808 bits per heavy atom. The van der Waals surface area contributed by atoms with E-state index in [1.165, 1.54) is 185 Å². The van der Waals surface area contributed by atoms with Gasteiger partial charge in [-0.15, -0.1) is 0 Å². The number of hydrogen-bond donors (Lipinski definition) is 0. The van der Waals surface area contributed by atoms with Crippen LogP contribution in [0.5, 0.6) is 0 Å². The van der Waals surface area contributed by atoms with Crippen LogP contribution < -0.4 is 0 Å². The molecule has 0 aliphatic carbocycles. The van der Waals surface area contributed by atoms with E-state index in [4.69, 9.17) is 9.47 Å². The van der Waals surface area contributed by atoms with Gasteiger partial charge in [0.15, 0.2) is 0 Å². The summed E-state index contributed by atoms with van der Waals surface area (Å²) in [6.07, 6.45) is 47.5. The molecule has 0 spiro atoms. The lowest BCUT2D eigenvalue weighted by molar-refractivity contribution is 0.0482.